The number of hydrogen-bond acceptors (Lipinski definition) is 4. The standard InChI is InChI=1S/C13H22N2O2S2/c1-4-13(5-2,18-3)10-15-19(16,17)12-8-6-11(14)7-9-12/h6-9,15H,4-5,10,14H2,1-3H3. The quantitative estimate of drug-likeness (QED) is 0.759. The maximum absolute atomic E-state index is 12.2. The Kier molecular flexibility index (Phi) is 5.70. The van der Waals surface area contributed by atoms with Gasteiger partial charge in [0.05, 0.1) is 4.90 Å². The van der Waals surface area contributed by atoms with Gasteiger partial charge in [-0.25, -0.2) is 13.1 Å². The molecule has 108 valence electrons. The summed E-state index contributed by atoms with van der Waals surface area (Å²) in [5, 5.41) is 0. The molecule has 0 fully saturated rings. The third kappa shape index (κ3) is 4.12. The zero-order chi connectivity index (χ0) is 14.5. The van der Waals surface area contributed by atoms with Crippen molar-refractivity contribution in [3.8, 4) is 0 Å². The van der Waals surface area contributed by atoms with E-state index >= 15 is 0 Å². The average molecular weight is 302 g/mol. The van der Waals surface area contributed by atoms with Gasteiger partial charge in [-0.1, -0.05) is 13.8 Å². The van der Waals surface area contributed by atoms with Crippen LogP contribution in [0.25, 0.3) is 0 Å². The van der Waals surface area contributed by atoms with Gasteiger partial charge in [-0.3, -0.25) is 0 Å². The molecule has 0 unspecified atom stereocenters. The average Bonchev–Trinajstić information content (AvgIpc) is 2.41. The lowest BCUT2D eigenvalue weighted by Crippen LogP contribution is -2.39. The fourth-order valence-corrected chi connectivity index (χ4v) is 3.83. The van der Waals surface area contributed by atoms with Gasteiger partial charge in [0.25, 0.3) is 0 Å². The molecule has 0 aliphatic rings. The van der Waals surface area contributed by atoms with Crippen molar-refractivity contribution in [1.29, 1.82) is 0 Å². The molecule has 6 heteroatoms. The van der Waals surface area contributed by atoms with E-state index in [4.69, 9.17) is 5.73 Å². The monoisotopic (exact) mass is 302 g/mol. The Bertz CT molecular complexity index is 486. The number of nitrogens with two attached hydrogens (primary N) is 1. The van der Waals surface area contributed by atoms with Crippen LogP contribution in [-0.4, -0.2) is 26.0 Å². The molecular formula is C13H22N2O2S2. The van der Waals surface area contributed by atoms with Crippen LogP contribution in [0.5, 0.6) is 0 Å². The van der Waals surface area contributed by atoms with Crippen LogP contribution < -0.4 is 10.5 Å². The Morgan fingerprint density at radius 3 is 2.16 bits per heavy atom. The first-order valence-corrected chi connectivity index (χ1v) is 9.00. The van der Waals surface area contributed by atoms with E-state index < -0.39 is 10.0 Å². The number of nitrogen functional groups attached to an aromatic ring is 1. The van der Waals surface area contributed by atoms with Gasteiger partial charge >= 0.3 is 0 Å². The molecule has 0 heterocycles. The summed E-state index contributed by atoms with van der Waals surface area (Å²) >= 11 is 1.71. The van der Waals surface area contributed by atoms with Crippen LogP contribution in [0.15, 0.2) is 29.2 Å². The molecule has 3 N–H and O–H groups in total. The zero-order valence-corrected chi connectivity index (χ0v) is 13.3. The van der Waals surface area contributed by atoms with E-state index in [1.807, 2.05) is 6.26 Å². The number of hydrogen-bond donors (Lipinski definition) is 2. The molecule has 0 saturated heterocycles. The molecule has 0 aliphatic carbocycles. The molecule has 0 saturated carbocycles. The molecule has 4 nitrogen and oxygen atoms in total. The minimum absolute atomic E-state index is 0.0408. The molecule has 0 aliphatic heterocycles. The summed E-state index contributed by atoms with van der Waals surface area (Å²) in [6.45, 7) is 4.60. The Labute approximate surface area is 120 Å². The Morgan fingerprint density at radius 2 is 1.74 bits per heavy atom. The molecular weight excluding hydrogens is 280 g/mol. The summed E-state index contributed by atoms with van der Waals surface area (Å²) in [5.41, 5.74) is 6.11. The number of sulfonamides is 1. The van der Waals surface area contributed by atoms with Crippen molar-refractivity contribution in [3.63, 3.8) is 0 Å². The van der Waals surface area contributed by atoms with Gasteiger partial charge < -0.3 is 5.73 Å². The third-order valence-corrected chi connectivity index (χ3v) is 6.50. The lowest BCUT2D eigenvalue weighted by atomic mass is 10.0. The van der Waals surface area contributed by atoms with E-state index in [0.717, 1.165) is 12.8 Å². The molecule has 0 aromatic heterocycles. The first kappa shape index (κ1) is 16.3. The normalized spacial score (nSPS) is 12.6. The van der Waals surface area contributed by atoms with Gasteiger partial charge in [0, 0.05) is 17.0 Å². The molecule has 1 aromatic rings. The topological polar surface area (TPSA) is 72.2 Å². The largest absolute Gasteiger partial charge is 0.399 e. The number of anilines is 1. The number of thioether (sulfide) groups is 1. The minimum atomic E-state index is -3.46. The van der Waals surface area contributed by atoms with Crippen LogP contribution in [0, 0.1) is 0 Å². The second kappa shape index (κ2) is 6.63. The number of rotatable bonds is 7. The van der Waals surface area contributed by atoms with E-state index in [0.29, 0.717) is 12.2 Å². The predicted octanol–water partition coefficient (Wildman–Crippen LogP) is 2.47. The van der Waals surface area contributed by atoms with Crippen LogP contribution in [0.2, 0.25) is 0 Å². The van der Waals surface area contributed by atoms with E-state index in [1.165, 1.54) is 12.1 Å². The SMILES string of the molecule is CCC(CC)(CNS(=O)(=O)c1ccc(N)cc1)SC. The first-order chi connectivity index (χ1) is 8.89. The van der Waals surface area contributed by atoms with E-state index in [-0.39, 0.29) is 9.64 Å². The fraction of sp³-hybridized carbons (Fsp3) is 0.538. The van der Waals surface area contributed by atoms with Crippen molar-refractivity contribution in [3.05, 3.63) is 24.3 Å². The van der Waals surface area contributed by atoms with E-state index in [2.05, 4.69) is 18.6 Å². The molecule has 0 spiro atoms. The highest BCUT2D eigenvalue weighted by molar-refractivity contribution is 8.00. The van der Waals surface area contributed by atoms with Crippen molar-refractivity contribution in [2.45, 2.75) is 36.3 Å². The third-order valence-electron chi connectivity index (χ3n) is 3.50. The molecule has 19 heavy (non-hydrogen) atoms. The Morgan fingerprint density at radius 1 is 1.21 bits per heavy atom. The van der Waals surface area contributed by atoms with Gasteiger partial charge in [0.2, 0.25) is 10.0 Å². The van der Waals surface area contributed by atoms with E-state index in [9.17, 15) is 8.42 Å². The fourth-order valence-electron chi connectivity index (χ4n) is 1.82. The second-order valence-electron chi connectivity index (χ2n) is 4.49. The van der Waals surface area contributed by atoms with Crippen molar-refractivity contribution in [2.24, 2.45) is 0 Å². The van der Waals surface area contributed by atoms with Gasteiger partial charge in [0.15, 0.2) is 0 Å². The zero-order valence-electron chi connectivity index (χ0n) is 11.6. The summed E-state index contributed by atoms with van der Waals surface area (Å²) in [4.78, 5) is 0.254. The maximum atomic E-state index is 12.2. The van der Waals surface area contributed by atoms with Gasteiger partial charge in [-0.15, -0.1) is 0 Å². The molecule has 0 radical (unpaired) electrons. The van der Waals surface area contributed by atoms with Gasteiger partial charge in [-0.05, 0) is 43.4 Å². The lowest BCUT2D eigenvalue weighted by Gasteiger charge is -2.29. The second-order valence-corrected chi connectivity index (χ2v) is 7.53. The maximum Gasteiger partial charge on any atom is 0.240 e. The van der Waals surface area contributed by atoms with Crippen LogP contribution in [0.3, 0.4) is 0 Å². The summed E-state index contributed by atoms with van der Waals surface area (Å²) in [6.07, 6.45) is 3.87. The van der Waals surface area contributed by atoms with Crippen LogP contribution >= 0.6 is 11.8 Å². The molecule has 0 atom stereocenters. The van der Waals surface area contributed by atoms with Crippen molar-refractivity contribution in [2.75, 3.05) is 18.5 Å². The molecule has 0 amide bonds. The summed E-state index contributed by atoms with van der Waals surface area (Å²) in [5.74, 6) is 0. The summed E-state index contributed by atoms with van der Waals surface area (Å²) in [6, 6.07) is 6.23. The summed E-state index contributed by atoms with van der Waals surface area (Å²) < 4.78 is 27.0. The smallest absolute Gasteiger partial charge is 0.240 e. The molecule has 1 aromatic carbocycles. The summed E-state index contributed by atoms with van der Waals surface area (Å²) in [7, 11) is -3.46. The Balaban J connectivity index is 2.83. The van der Waals surface area contributed by atoms with Gasteiger partial charge in [-0.2, -0.15) is 11.8 Å². The molecule has 0 bridgehead atoms. The van der Waals surface area contributed by atoms with E-state index in [1.54, 1.807) is 23.9 Å². The number of benzene rings is 1. The lowest BCUT2D eigenvalue weighted by molar-refractivity contribution is 0.522. The minimum Gasteiger partial charge on any atom is -0.399 e. The van der Waals surface area contributed by atoms with Crippen molar-refractivity contribution >= 4 is 27.5 Å². The van der Waals surface area contributed by atoms with Gasteiger partial charge in [0.1, 0.15) is 0 Å². The highest BCUT2D eigenvalue weighted by atomic mass is 32.2. The predicted molar refractivity (Wildman–Crippen MR) is 82.9 cm³/mol. The van der Waals surface area contributed by atoms with Crippen LogP contribution in [0.1, 0.15) is 26.7 Å². The Hall–Kier alpha value is -0.720. The van der Waals surface area contributed by atoms with Crippen LogP contribution in [0.4, 0.5) is 5.69 Å². The molecule has 1 rings (SSSR count). The van der Waals surface area contributed by atoms with Crippen molar-refractivity contribution in [1.82, 2.24) is 4.72 Å². The van der Waals surface area contributed by atoms with Crippen LogP contribution in [-0.2, 0) is 10.0 Å². The highest BCUT2D eigenvalue weighted by Crippen LogP contribution is 2.30. The highest BCUT2D eigenvalue weighted by Gasteiger charge is 2.27. The van der Waals surface area contributed by atoms with Crippen molar-refractivity contribution < 1.29 is 8.42 Å². The number of nitrogens with one attached hydrogen (secondary N) is 1. The first-order valence-electron chi connectivity index (χ1n) is 6.29.